The fraction of sp³-hybridized carbons (Fsp3) is 0.500. The highest BCUT2D eigenvalue weighted by atomic mass is 16.5. The van der Waals surface area contributed by atoms with Crippen molar-refractivity contribution in [3.63, 3.8) is 0 Å². The Morgan fingerprint density at radius 2 is 2.28 bits per heavy atom. The molecule has 0 aromatic heterocycles. The first-order valence-corrected chi connectivity index (χ1v) is 8.58. The van der Waals surface area contributed by atoms with Crippen LogP contribution in [0.25, 0.3) is 0 Å². The van der Waals surface area contributed by atoms with E-state index in [1.54, 1.807) is 4.90 Å². The number of amides is 2. The van der Waals surface area contributed by atoms with Crippen molar-refractivity contribution in [1.82, 2.24) is 10.2 Å². The molecule has 0 aromatic carbocycles. The summed E-state index contributed by atoms with van der Waals surface area (Å²) in [7, 11) is 0. The third-order valence-corrected chi connectivity index (χ3v) is 4.36. The van der Waals surface area contributed by atoms with E-state index in [1.807, 2.05) is 39.0 Å². The number of alkyl carbamates (subject to hydrolysis) is 1. The van der Waals surface area contributed by atoms with Crippen molar-refractivity contribution in [2.45, 2.75) is 39.2 Å². The molecule has 0 aromatic rings. The zero-order valence-corrected chi connectivity index (χ0v) is 15.2. The van der Waals surface area contributed by atoms with Crippen molar-refractivity contribution in [2.24, 2.45) is 5.92 Å². The Bertz CT molecular complexity index is 677. The van der Waals surface area contributed by atoms with Crippen molar-refractivity contribution in [2.75, 3.05) is 19.7 Å². The minimum absolute atomic E-state index is 0.129. The molecule has 5 nitrogen and oxygen atoms in total. The first-order valence-electron chi connectivity index (χ1n) is 8.58. The minimum atomic E-state index is -0.581. The standard InChI is InChI=1S/C20H26N2O3/c1-15(2)16-7-5-8-17(11-10-16)20(3,4)21-19(24)25-14-13-22-12-6-9-18(22)23/h5,7-8,17H,1,6,9,12-14H2,2-4H3,(H,21,24). The molecule has 1 heterocycles. The lowest BCUT2D eigenvalue weighted by Gasteiger charge is -2.29. The highest BCUT2D eigenvalue weighted by molar-refractivity contribution is 5.78. The molecule has 1 aliphatic carbocycles. The maximum atomic E-state index is 12.1. The van der Waals surface area contributed by atoms with E-state index in [1.165, 1.54) is 0 Å². The third-order valence-electron chi connectivity index (χ3n) is 4.36. The van der Waals surface area contributed by atoms with E-state index in [0.717, 1.165) is 24.1 Å². The second-order valence-electron chi connectivity index (χ2n) is 6.96. The van der Waals surface area contributed by atoms with Crippen LogP contribution in [0.5, 0.6) is 0 Å². The van der Waals surface area contributed by atoms with Crippen LogP contribution >= 0.6 is 0 Å². The summed E-state index contributed by atoms with van der Waals surface area (Å²) in [6.45, 7) is 11.0. The number of hydrogen-bond acceptors (Lipinski definition) is 3. The van der Waals surface area contributed by atoms with E-state index in [0.29, 0.717) is 13.0 Å². The zero-order chi connectivity index (χ0) is 18.4. The largest absolute Gasteiger partial charge is 0.448 e. The first-order chi connectivity index (χ1) is 11.8. The lowest BCUT2D eigenvalue weighted by atomic mass is 9.87. The second-order valence-corrected chi connectivity index (χ2v) is 6.96. The number of nitrogens with one attached hydrogen (secondary N) is 1. The Balaban J connectivity index is 1.85. The highest BCUT2D eigenvalue weighted by Gasteiger charge is 2.29. The number of rotatable bonds is 6. The van der Waals surface area contributed by atoms with Gasteiger partial charge in [0.25, 0.3) is 0 Å². The molecule has 1 atom stereocenters. The van der Waals surface area contributed by atoms with Gasteiger partial charge in [-0.2, -0.15) is 0 Å². The summed E-state index contributed by atoms with van der Waals surface area (Å²) in [4.78, 5) is 25.3. The van der Waals surface area contributed by atoms with Gasteiger partial charge in [-0.15, -0.1) is 0 Å². The van der Waals surface area contributed by atoms with Gasteiger partial charge in [-0.3, -0.25) is 4.79 Å². The SMILES string of the molecule is C=C(C)C1=CC=CC(C(C)(C)NC(=O)OCCN2CCCC2=O)C#C1. The van der Waals surface area contributed by atoms with Crippen LogP contribution in [0, 0.1) is 17.8 Å². The van der Waals surface area contributed by atoms with Crippen LogP contribution < -0.4 is 5.32 Å². The fourth-order valence-corrected chi connectivity index (χ4v) is 2.74. The van der Waals surface area contributed by atoms with E-state index in [-0.39, 0.29) is 18.4 Å². The smallest absolute Gasteiger partial charge is 0.407 e. The van der Waals surface area contributed by atoms with Crippen LogP contribution in [0.1, 0.15) is 33.6 Å². The molecule has 1 unspecified atom stereocenters. The Morgan fingerprint density at radius 3 is 2.92 bits per heavy atom. The minimum Gasteiger partial charge on any atom is -0.448 e. The molecular formula is C20H26N2O3. The van der Waals surface area contributed by atoms with Gasteiger partial charge in [0.15, 0.2) is 0 Å². The van der Waals surface area contributed by atoms with Gasteiger partial charge in [0.1, 0.15) is 6.61 Å². The number of carbonyl (C=O) groups is 2. The number of allylic oxidation sites excluding steroid dienone is 4. The summed E-state index contributed by atoms with van der Waals surface area (Å²) in [5.41, 5.74) is 1.23. The monoisotopic (exact) mass is 342 g/mol. The Labute approximate surface area is 149 Å². The average Bonchev–Trinajstić information content (AvgIpc) is 2.79. The van der Waals surface area contributed by atoms with Gasteiger partial charge >= 0.3 is 6.09 Å². The quantitative estimate of drug-likeness (QED) is 0.755. The van der Waals surface area contributed by atoms with Crippen molar-refractivity contribution in [3.8, 4) is 11.8 Å². The third kappa shape index (κ3) is 5.25. The molecule has 0 saturated carbocycles. The second kappa shape index (κ2) is 8.06. The van der Waals surface area contributed by atoms with Crippen LogP contribution in [0.15, 0.2) is 36.0 Å². The molecule has 1 saturated heterocycles. The van der Waals surface area contributed by atoms with Gasteiger partial charge in [0.2, 0.25) is 5.91 Å². The van der Waals surface area contributed by atoms with E-state index in [9.17, 15) is 9.59 Å². The average molecular weight is 342 g/mol. The van der Waals surface area contributed by atoms with Crippen LogP contribution in [0.4, 0.5) is 4.79 Å². The summed E-state index contributed by atoms with van der Waals surface area (Å²) >= 11 is 0. The van der Waals surface area contributed by atoms with E-state index in [4.69, 9.17) is 4.74 Å². The van der Waals surface area contributed by atoms with Crippen LogP contribution in [0.3, 0.4) is 0 Å². The summed E-state index contributed by atoms with van der Waals surface area (Å²) < 4.78 is 5.23. The van der Waals surface area contributed by atoms with Gasteiger partial charge in [-0.25, -0.2) is 4.79 Å². The highest BCUT2D eigenvalue weighted by Crippen LogP contribution is 2.21. The number of carbonyl (C=O) groups excluding carboxylic acids is 2. The predicted molar refractivity (Wildman–Crippen MR) is 97.7 cm³/mol. The lowest BCUT2D eigenvalue weighted by Crippen LogP contribution is -2.48. The van der Waals surface area contributed by atoms with E-state index >= 15 is 0 Å². The van der Waals surface area contributed by atoms with Crippen LogP contribution in [-0.2, 0) is 9.53 Å². The first kappa shape index (κ1) is 18.9. The molecule has 0 spiro atoms. The lowest BCUT2D eigenvalue weighted by molar-refractivity contribution is -0.128. The number of nitrogens with zero attached hydrogens (tertiary/aromatic N) is 1. The topological polar surface area (TPSA) is 58.6 Å². The van der Waals surface area contributed by atoms with Gasteiger partial charge < -0.3 is 15.0 Å². The molecule has 1 N–H and O–H groups in total. The zero-order valence-electron chi connectivity index (χ0n) is 15.2. The predicted octanol–water partition coefficient (Wildman–Crippen LogP) is 2.81. The van der Waals surface area contributed by atoms with Crippen molar-refractivity contribution in [1.29, 1.82) is 0 Å². The fourth-order valence-electron chi connectivity index (χ4n) is 2.74. The maximum Gasteiger partial charge on any atom is 0.407 e. The normalized spacial score (nSPS) is 19.6. The summed E-state index contributed by atoms with van der Waals surface area (Å²) in [5, 5.41) is 2.87. The Hall–Kier alpha value is -2.48. The van der Waals surface area contributed by atoms with Gasteiger partial charge in [-0.05, 0) is 38.8 Å². The number of hydrogen-bond donors (Lipinski definition) is 1. The molecule has 0 radical (unpaired) electrons. The van der Waals surface area contributed by atoms with Crippen molar-refractivity contribution < 1.29 is 14.3 Å². The summed E-state index contributed by atoms with van der Waals surface area (Å²) in [6.07, 6.45) is 6.79. The maximum absolute atomic E-state index is 12.1. The van der Waals surface area contributed by atoms with Crippen LogP contribution in [-0.4, -0.2) is 42.1 Å². The molecule has 0 bridgehead atoms. The molecule has 5 heteroatoms. The van der Waals surface area contributed by atoms with Gasteiger partial charge in [-0.1, -0.05) is 30.6 Å². The van der Waals surface area contributed by atoms with Crippen molar-refractivity contribution in [3.05, 3.63) is 36.0 Å². The molecule has 1 fully saturated rings. The molecule has 2 aliphatic rings. The molecule has 134 valence electrons. The number of likely N-dealkylation sites (tertiary alicyclic amines) is 1. The Morgan fingerprint density at radius 1 is 1.52 bits per heavy atom. The van der Waals surface area contributed by atoms with E-state index < -0.39 is 11.6 Å². The Kier molecular flexibility index (Phi) is 6.08. The summed E-state index contributed by atoms with van der Waals surface area (Å²) in [5.74, 6) is 6.27. The van der Waals surface area contributed by atoms with Crippen molar-refractivity contribution >= 4 is 12.0 Å². The molecule has 25 heavy (non-hydrogen) atoms. The summed E-state index contributed by atoms with van der Waals surface area (Å²) in [6, 6.07) is 0. The number of ether oxygens (including phenoxy) is 1. The molecule has 1 aliphatic heterocycles. The van der Waals surface area contributed by atoms with Gasteiger partial charge in [0.05, 0.1) is 18.0 Å². The van der Waals surface area contributed by atoms with Crippen LogP contribution in [0.2, 0.25) is 0 Å². The van der Waals surface area contributed by atoms with E-state index in [2.05, 4.69) is 23.7 Å². The molecule has 2 rings (SSSR count). The molecular weight excluding hydrogens is 316 g/mol. The van der Waals surface area contributed by atoms with Gasteiger partial charge in [0, 0.05) is 18.5 Å². The molecule has 2 amide bonds.